The second-order valence-corrected chi connectivity index (χ2v) is 9.38. The molecule has 0 spiro atoms. The number of halogens is 11. The van der Waals surface area contributed by atoms with E-state index in [4.69, 9.17) is 4.74 Å². The molecule has 0 radical (unpaired) electrons. The maximum Gasteiger partial charge on any atom is 0.573 e. The average Bonchev–Trinajstić information content (AvgIpc) is 2.82. The highest BCUT2D eigenvalue weighted by Crippen LogP contribution is 2.50. The smallest absolute Gasteiger partial charge is 0.457 e. The van der Waals surface area contributed by atoms with Crippen molar-refractivity contribution in [1.29, 1.82) is 0 Å². The number of alkyl halides is 11. The van der Waals surface area contributed by atoms with Gasteiger partial charge in [0, 0.05) is 24.6 Å². The Hall–Kier alpha value is -2.81. The summed E-state index contributed by atoms with van der Waals surface area (Å²) in [6.45, 7) is -1.08. The molecule has 40 heavy (non-hydrogen) atoms. The van der Waals surface area contributed by atoms with E-state index >= 15 is 0 Å². The van der Waals surface area contributed by atoms with E-state index in [0.29, 0.717) is 0 Å². The summed E-state index contributed by atoms with van der Waals surface area (Å²) in [5.41, 5.74) is 0.149. The molecule has 2 aromatic rings. The molecule has 1 saturated carbocycles. The second-order valence-electron chi connectivity index (χ2n) is 9.38. The van der Waals surface area contributed by atoms with Crippen molar-refractivity contribution in [2.45, 2.75) is 62.5 Å². The van der Waals surface area contributed by atoms with Crippen molar-refractivity contribution < 1.29 is 62.9 Å². The Kier molecular flexibility index (Phi) is 9.49. The molecule has 0 aliphatic heterocycles. The highest BCUT2D eigenvalue weighted by molar-refractivity contribution is 5.39. The van der Waals surface area contributed by atoms with Gasteiger partial charge in [-0.25, -0.2) is 0 Å². The van der Waals surface area contributed by atoms with Gasteiger partial charge in [-0.15, -0.1) is 13.2 Å². The molecule has 0 aromatic heterocycles. The van der Waals surface area contributed by atoms with Crippen LogP contribution in [0.15, 0.2) is 48.5 Å². The van der Waals surface area contributed by atoms with E-state index in [0.717, 1.165) is 12.1 Å². The largest absolute Gasteiger partial charge is 0.573 e. The summed E-state index contributed by atoms with van der Waals surface area (Å²) in [4.78, 5) is 0. The van der Waals surface area contributed by atoms with Crippen LogP contribution in [0.25, 0.3) is 0 Å². The van der Waals surface area contributed by atoms with Crippen LogP contribution in [-0.4, -0.2) is 42.4 Å². The van der Waals surface area contributed by atoms with Gasteiger partial charge in [0.05, 0.1) is 0 Å². The van der Waals surface area contributed by atoms with Gasteiger partial charge in [0.2, 0.25) is 0 Å². The van der Waals surface area contributed by atoms with Crippen LogP contribution in [0.3, 0.4) is 0 Å². The third kappa shape index (κ3) is 8.35. The summed E-state index contributed by atoms with van der Waals surface area (Å²) < 4.78 is 153. The van der Waals surface area contributed by atoms with Gasteiger partial charge in [0.1, 0.15) is 17.2 Å². The number of nitrogens with one attached hydrogen (secondary N) is 1. The summed E-state index contributed by atoms with van der Waals surface area (Å²) in [5, 5.41) is 11.9. The number of rotatable bonds is 9. The fourth-order valence-electron chi connectivity index (χ4n) is 4.64. The maximum absolute atomic E-state index is 14.1. The second kappa shape index (κ2) is 12.0. The molecule has 1 aliphatic carbocycles. The Morgan fingerprint density at radius 2 is 1.43 bits per heavy atom. The first kappa shape index (κ1) is 31.7. The lowest BCUT2D eigenvalue weighted by Gasteiger charge is -2.39. The number of ether oxygens (including phenoxy) is 2. The fourth-order valence-corrected chi connectivity index (χ4v) is 4.64. The van der Waals surface area contributed by atoms with Gasteiger partial charge in [-0.3, -0.25) is 0 Å². The van der Waals surface area contributed by atoms with Crippen LogP contribution >= 0.6 is 0 Å². The van der Waals surface area contributed by atoms with Crippen molar-refractivity contribution >= 4 is 0 Å². The molecule has 0 bridgehead atoms. The molecule has 3 rings (SSSR count). The van der Waals surface area contributed by atoms with Gasteiger partial charge in [-0.05, 0) is 55.0 Å². The predicted octanol–water partition coefficient (Wildman–Crippen LogP) is 7.94. The third-order valence-electron chi connectivity index (χ3n) is 6.48. The topological polar surface area (TPSA) is 50.7 Å². The summed E-state index contributed by atoms with van der Waals surface area (Å²) in [7, 11) is 0. The van der Waals surface area contributed by atoms with Gasteiger partial charge in [-0.2, -0.15) is 35.1 Å². The summed E-state index contributed by atoms with van der Waals surface area (Å²) in [6.07, 6.45) is -19.7. The highest BCUT2D eigenvalue weighted by Gasteiger charge is 2.62. The Balaban J connectivity index is 1.88. The first-order chi connectivity index (χ1) is 18.4. The van der Waals surface area contributed by atoms with Crippen LogP contribution in [-0.2, 0) is 0 Å². The molecule has 2 N–H and O–H groups in total. The van der Waals surface area contributed by atoms with Gasteiger partial charge < -0.3 is 19.9 Å². The normalized spacial score (nSPS) is 20.6. The minimum atomic E-state index is -5.81. The van der Waals surface area contributed by atoms with Crippen molar-refractivity contribution in [2.24, 2.45) is 11.8 Å². The first-order valence-corrected chi connectivity index (χ1v) is 11.9. The lowest BCUT2D eigenvalue weighted by molar-refractivity contribution is -0.307. The zero-order valence-corrected chi connectivity index (χ0v) is 20.4. The van der Waals surface area contributed by atoms with E-state index in [1.807, 2.05) is 0 Å². The van der Waals surface area contributed by atoms with Crippen LogP contribution in [0.2, 0.25) is 0 Å². The molecule has 4 nitrogen and oxygen atoms in total. The van der Waals surface area contributed by atoms with E-state index in [-0.39, 0.29) is 29.9 Å². The molecule has 2 aromatic carbocycles. The summed E-state index contributed by atoms with van der Waals surface area (Å²) in [5.74, 6) is -8.84. The molecule has 4 unspecified atom stereocenters. The number of benzene rings is 2. The van der Waals surface area contributed by atoms with Crippen molar-refractivity contribution in [3.63, 3.8) is 0 Å². The fraction of sp³-hybridized carbons (Fsp3) is 0.520. The minimum absolute atomic E-state index is 0.0159. The number of aliphatic hydroxyl groups excluding tert-OH is 1. The van der Waals surface area contributed by atoms with E-state index in [1.165, 1.54) is 36.4 Å². The van der Waals surface area contributed by atoms with Crippen LogP contribution in [0, 0.1) is 11.8 Å². The average molecular weight is 595 g/mol. The van der Waals surface area contributed by atoms with E-state index in [2.05, 4.69) is 10.1 Å². The Morgan fingerprint density at radius 3 is 2.02 bits per heavy atom. The van der Waals surface area contributed by atoms with E-state index in [9.17, 15) is 53.4 Å². The molecular weight excluding hydrogens is 571 g/mol. The van der Waals surface area contributed by atoms with Crippen molar-refractivity contribution in [2.75, 3.05) is 6.54 Å². The maximum atomic E-state index is 14.1. The monoisotopic (exact) mass is 595 g/mol. The standard InChI is InChI=1S/C25H24F11NO3/c26-22(27,24(31,32)33)16-6-1-4-14(10-16)21(37-13-20(38)23(28,29)30)15-5-2-7-17(11-15)39-18-8-3-9-19(12-18)40-25(34,35)36/h2-3,5,7-9,11-12,14,16,20-21,37-38H,1,4,6,10,13H2. The zero-order chi connectivity index (χ0) is 29.9. The molecule has 224 valence electrons. The predicted molar refractivity (Wildman–Crippen MR) is 119 cm³/mol. The minimum Gasteiger partial charge on any atom is -0.457 e. The van der Waals surface area contributed by atoms with Crippen molar-refractivity contribution in [1.82, 2.24) is 5.32 Å². The third-order valence-corrected chi connectivity index (χ3v) is 6.48. The Bertz CT molecular complexity index is 1120. The van der Waals surface area contributed by atoms with Gasteiger partial charge in [-0.1, -0.05) is 24.6 Å². The Morgan fingerprint density at radius 1 is 0.825 bits per heavy atom. The van der Waals surface area contributed by atoms with Crippen LogP contribution in [0.4, 0.5) is 48.3 Å². The molecular formula is C25H24F11NO3. The highest BCUT2D eigenvalue weighted by atomic mass is 19.4. The van der Waals surface area contributed by atoms with E-state index < -0.39 is 73.8 Å². The molecule has 1 fully saturated rings. The quantitative estimate of drug-likeness (QED) is 0.289. The SMILES string of the molecule is OC(CNC(c1cccc(Oc2cccc(OC(F)(F)F)c2)c1)C1CCCC(C(F)(F)C(F)(F)F)C1)C(F)(F)F. The lowest BCUT2D eigenvalue weighted by atomic mass is 9.73. The lowest BCUT2D eigenvalue weighted by Crippen LogP contribution is -2.47. The molecule has 15 heteroatoms. The number of aliphatic hydroxyl groups is 1. The molecule has 0 amide bonds. The Labute approximate surface area is 221 Å². The van der Waals surface area contributed by atoms with Gasteiger partial charge in [0.25, 0.3) is 0 Å². The van der Waals surface area contributed by atoms with Gasteiger partial charge in [0.15, 0.2) is 6.10 Å². The van der Waals surface area contributed by atoms with Gasteiger partial charge >= 0.3 is 24.6 Å². The molecule has 0 saturated heterocycles. The van der Waals surface area contributed by atoms with Crippen LogP contribution in [0.5, 0.6) is 17.2 Å². The molecule has 4 atom stereocenters. The van der Waals surface area contributed by atoms with Crippen LogP contribution < -0.4 is 14.8 Å². The van der Waals surface area contributed by atoms with Crippen molar-refractivity contribution in [3.05, 3.63) is 54.1 Å². The zero-order valence-electron chi connectivity index (χ0n) is 20.4. The first-order valence-electron chi connectivity index (χ1n) is 11.9. The molecule has 1 aliphatic rings. The molecule has 0 heterocycles. The number of hydrogen-bond donors (Lipinski definition) is 2. The summed E-state index contributed by atoms with van der Waals surface area (Å²) in [6, 6.07) is 8.57. The van der Waals surface area contributed by atoms with Crippen molar-refractivity contribution in [3.8, 4) is 17.2 Å². The van der Waals surface area contributed by atoms with Crippen LogP contribution in [0.1, 0.15) is 37.3 Å². The summed E-state index contributed by atoms with van der Waals surface area (Å²) >= 11 is 0. The number of hydrogen-bond acceptors (Lipinski definition) is 4. The van der Waals surface area contributed by atoms with E-state index in [1.54, 1.807) is 0 Å².